The fraction of sp³-hybridized carbons (Fsp3) is 0.684. The summed E-state index contributed by atoms with van der Waals surface area (Å²) in [5.41, 5.74) is 0. The van der Waals surface area contributed by atoms with Gasteiger partial charge in [0.25, 0.3) is 0 Å². The Bertz CT molecular complexity index is 825. The Hall–Kier alpha value is -1.12. The largest absolute Gasteiger partial charge is 0.494 e. The highest BCUT2D eigenvalue weighted by atomic mass is 32.2. The molecule has 1 aromatic rings. The summed E-state index contributed by atoms with van der Waals surface area (Å²) >= 11 is 0. The van der Waals surface area contributed by atoms with Gasteiger partial charge in [-0.05, 0) is 56.9 Å². The topological polar surface area (TPSA) is 94.1 Å². The molecular weight excluding hydrogens is 386 g/mol. The fourth-order valence-electron chi connectivity index (χ4n) is 4.26. The molecule has 1 heterocycles. The minimum Gasteiger partial charge on any atom is -0.494 e. The average molecular weight is 417 g/mol. The first-order valence-electron chi connectivity index (χ1n) is 9.84. The van der Waals surface area contributed by atoms with Gasteiger partial charge < -0.3 is 10.1 Å². The fourth-order valence-corrected chi connectivity index (χ4v) is 9.05. The van der Waals surface area contributed by atoms with Crippen molar-refractivity contribution in [1.82, 2.24) is 0 Å². The van der Waals surface area contributed by atoms with Gasteiger partial charge in [0.05, 0.1) is 23.3 Å². The highest BCUT2D eigenvalue weighted by Crippen LogP contribution is 2.26. The monoisotopic (exact) mass is 416 g/mol. The van der Waals surface area contributed by atoms with Crippen molar-refractivity contribution < 1.29 is 26.9 Å². The van der Waals surface area contributed by atoms with E-state index in [9.17, 15) is 16.8 Å². The summed E-state index contributed by atoms with van der Waals surface area (Å²) in [6.07, 6.45) is 6.76. The molecule has 0 bridgehead atoms. The summed E-state index contributed by atoms with van der Waals surface area (Å²) in [7, 11) is -7.06. The van der Waals surface area contributed by atoms with Crippen LogP contribution < -0.4 is 10.1 Å². The molecule has 2 aliphatic rings. The molecule has 3 rings (SSSR count). The molecule has 152 valence electrons. The van der Waals surface area contributed by atoms with Crippen molar-refractivity contribution >= 4 is 19.7 Å². The summed E-state index contributed by atoms with van der Waals surface area (Å²) in [4.78, 5) is 0.173. The van der Waals surface area contributed by atoms with E-state index in [1.165, 1.54) is 25.0 Å². The molecule has 1 saturated carbocycles. The van der Waals surface area contributed by atoms with E-state index in [-0.39, 0.29) is 16.4 Å². The number of rotatable bonds is 6. The lowest BCUT2D eigenvalue weighted by Crippen LogP contribution is -2.97. The molecule has 2 fully saturated rings. The Balaban J connectivity index is 1.81. The van der Waals surface area contributed by atoms with Crippen LogP contribution in [0.2, 0.25) is 0 Å². The molecule has 1 aromatic carbocycles. The second kappa shape index (κ2) is 8.49. The quantitative estimate of drug-likeness (QED) is 0.706. The van der Waals surface area contributed by atoms with Crippen LogP contribution in [-0.4, -0.2) is 52.3 Å². The second-order valence-electron chi connectivity index (χ2n) is 7.67. The number of ether oxygens (including phenoxy) is 1. The van der Waals surface area contributed by atoms with E-state index in [1.54, 1.807) is 12.1 Å². The number of quaternary nitrogens is 1. The third-order valence-corrected chi connectivity index (χ3v) is 9.84. The third kappa shape index (κ3) is 5.03. The standard InChI is InChI=1S/C19H29NO5S2/c1-2-25-16-9-11-17(12-10-16)27(23,24)19-14-26(21,22)13-18(19)20-15-7-5-3-4-6-8-15/h9-12,15,18-20H,2-8,13-14H2,1H3/p+1. The van der Waals surface area contributed by atoms with Gasteiger partial charge in [-0.3, -0.25) is 0 Å². The molecule has 6 nitrogen and oxygen atoms in total. The van der Waals surface area contributed by atoms with Crippen molar-refractivity contribution in [3.8, 4) is 5.75 Å². The van der Waals surface area contributed by atoms with Crippen molar-refractivity contribution in [2.24, 2.45) is 0 Å². The van der Waals surface area contributed by atoms with Gasteiger partial charge in [0.15, 0.2) is 19.7 Å². The van der Waals surface area contributed by atoms with E-state index in [2.05, 4.69) is 0 Å². The maximum Gasteiger partial charge on any atom is 0.188 e. The van der Waals surface area contributed by atoms with Crippen LogP contribution in [0.15, 0.2) is 29.2 Å². The lowest BCUT2D eigenvalue weighted by molar-refractivity contribution is -0.716. The molecule has 8 heteroatoms. The van der Waals surface area contributed by atoms with Gasteiger partial charge in [0.2, 0.25) is 0 Å². The molecule has 2 N–H and O–H groups in total. The van der Waals surface area contributed by atoms with Crippen molar-refractivity contribution in [2.75, 3.05) is 18.1 Å². The Morgan fingerprint density at radius 2 is 1.67 bits per heavy atom. The Morgan fingerprint density at radius 3 is 2.26 bits per heavy atom. The Labute approximate surface area is 162 Å². The summed E-state index contributed by atoms with van der Waals surface area (Å²) in [5, 5.41) is 1.16. The van der Waals surface area contributed by atoms with Crippen molar-refractivity contribution in [1.29, 1.82) is 0 Å². The van der Waals surface area contributed by atoms with Gasteiger partial charge >= 0.3 is 0 Å². The van der Waals surface area contributed by atoms with Crippen molar-refractivity contribution in [3.05, 3.63) is 24.3 Å². The zero-order valence-electron chi connectivity index (χ0n) is 15.8. The van der Waals surface area contributed by atoms with E-state index in [0.29, 0.717) is 18.4 Å². The predicted octanol–water partition coefficient (Wildman–Crippen LogP) is 1.31. The first kappa shape index (κ1) is 20.6. The molecule has 0 radical (unpaired) electrons. The van der Waals surface area contributed by atoms with Crippen LogP contribution in [0.5, 0.6) is 5.75 Å². The predicted molar refractivity (Wildman–Crippen MR) is 104 cm³/mol. The van der Waals surface area contributed by atoms with Gasteiger partial charge in [0.1, 0.15) is 22.8 Å². The first-order valence-corrected chi connectivity index (χ1v) is 13.2. The van der Waals surface area contributed by atoms with Gasteiger partial charge in [-0.2, -0.15) is 0 Å². The molecule has 2 unspecified atom stereocenters. The molecule has 0 amide bonds. The van der Waals surface area contributed by atoms with Crippen LogP contribution in [0.4, 0.5) is 0 Å². The minimum atomic E-state index is -3.72. The SMILES string of the molecule is CCOc1ccc(S(=O)(=O)C2CS(=O)(=O)CC2[NH2+]C2CCCCCC2)cc1. The number of hydrogen-bond donors (Lipinski definition) is 1. The molecule has 27 heavy (non-hydrogen) atoms. The van der Waals surface area contributed by atoms with Crippen LogP contribution in [0.3, 0.4) is 0 Å². The minimum absolute atomic E-state index is 0.0512. The van der Waals surface area contributed by atoms with E-state index >= 15 is 0 Å². The summed E-state index contributed by atoms with van der Waals surface area (Å²) in [6, 6.07) is 6.20. The molecule has 1 aliphatic carbocycles. The summed E-state index contributed by atoms with van der Waals surface area (Å²) in [5.74, 6) is 0.276. The van der Waals surface area contributed by atoms with Gasteiger partial charge in [-0.1, -0.05) is 12.8 Å². The van der Waals surface area contributed by atoms with Crippen LogP contribution in [0, 0.1) is 0 Å². The molecule has 2 atom stereocenters. The van der Waals surface area contributed by atoms with Crippen LogP contribution in [0.1, 0.15) is 45.4 Å². The van der Waals surface area contributed by atoms with E-state index in [1.807, 2.05) is 12.2 Å². The highest BCUT2D eigenvalue weighted by Gasteiger charge is 2.49. The number of nitrogens with two attached hydrogens (primary N) is 1. The normalized spacial score (nSPS) is 26.6. The molecule has 0 aromatic heterocycles. The highest BCUT2D eigenvalue weighted by molar-refractivity contribution is 7.96. The zero-order valence-corrected chi connectivity index (χ0v) is 17.5. The maximum absolute atomic E-state index is 13.2. The Kier molecular flexibility index (Phi) is 6.48. The maximum atomic E-state index is 13.2. The second-order valence-corrected chi connectivity index (χ2v) is 12.0. The molecule has 1 saturated heterocycles. The van der Waals surface area contributed by atoms with Gasteiger partial charge in [0, 0.05) is 0 Å². The van der Waals surface area contributed by atoms with Crippen molar-refractivity contribution in [3.63, 3.8) is 0 Å². The van der Waals surface area contributed by atoms with Crippen LogP contribution in [-0.2, 0) is 19.7 Å². The lowest BCUT2D eigenvalue weighted by atomic mass is 10.1. The molecule has 1 aliphatic heterocycles. The van der Waals surface area contributed by atoms with Crippen LogP contribution >= 0.6 is 0 Å². The van der Waals surface area contributed by atoms with Gasteiger partial charge in [-0.15, -0.1) is 0 Å². The van der Waals surface area contributed by atoms with Crippen LogP contribution in [0.25, 0.3) is 0 Å². The summed E-state index contributed by atoms with van der Waals surface area (Å²) < 4.78 is 56.3. The number of hydrogen-bond acceptors (Lipinski definition) is 5. The Morgan fingerprint density at radius 1 is 1.04 bits per heavy atom. The average Bonchev–Trinajstić information content (AvgIpc) is 2.78. The van der Waals surface area contributed by atoms with E-state index in [4.69, 9.17) is 4.74 Å². The smallest absolute Gasteiger partial charge is 0.188 e. The third-order valence-electron chi connectivity index (χ3n) is 5.62. The van der Waals surface area contributed by atoms with Crippen molar-refractivity contribution in [2.45, 2.75) is 67.7 Å². The number of benzene rings is 1. The zero-order chi connectivity index (χ0) is 19.5. The summed E-state index contributed by atoms with van der Waals surface area (Å²) in [6.45, 7) is 2.37. The number of sulfone groups is 2. The molecular formula is C19H30NO5S2+. The lowest BCUT2D eigenvalue weighted by Gasteiger charge is -2.22. The van der Waals surface area contributed by atoms with E-state index in [0.717, 1.165) is 25.7 Å². The first-order chi connectivity index (χ1) is 12.8. The van der Waals surface area contributed by atoms with Gasteiger partial charge in [-0.25, -0.2) is 16.8 Å². The van der Waals surface area contributed by atoms with E-state index < -0.39 is 31.0 Å². The molecule has 0 spiro atoms.